The van der Waals surface area contributed by atoms with Gasteiger partial charge in [-0.05, 0) is 105 Å². The molecule has 2 unspecified atom stereocenters. The van der Waals surface area contributed by atoms with Gasteiger partial charge in [0.15, 0.2) is 0 Å². The predicted molar refractivity (Wildman–Crippen MR) is 216 cm³/mol. The zero-order valence-electron chi connectivity index (χ0n) is 29.9. The summed E-state index contributed by atoms with van der Waals surface area (Å²) in [5.41, 5.74) is 15.3. The summed E-state index contributed by atoms with van der Waals surface area (Å²) in [4.78, 5) is 12.3. The van der Waals surface area contributed by atoms with Crippen LogP contribution in [0, 0.1) is 6.92 Å². The first-order chi connectivity index (χ1) is 25.6. The molecule has 7 aromatic rings. The summed E-state index contributed by atoms with van der Waals surface area (Å²) >= 11 is 0. The molecule has 0 saturated carbocycles. The number of amidine groups is 1. The second kappa shape index (κ2) is 14.6. The van der Waals surface area contributed by atoms with E-state index in [4.69, 9.17) is 4.99 Å². The number of aromatic nitrogens is 1. The fourth-order valence-corrected chi connectivity index (χ4v) is 7.32. The molecule has 0 radical (unpaired) electrons. The molecule has 1 aliphatic rings. The summed E-state index contributed by atoms with van der Waals surface area (Å²) in [7, 11) is 2.12. The lowest BCUT2D eigenvalue weighted by Crippen LogP contribution is -2.46. The molecular formula is C48H42N4. The molecule has 2 heterocycles. The van der Waals surface area contributed by atoms with Crippen molar-refractivity contribution in [3.8, 4) is 44.6 Å². The van der Waals surface area contributed by atoms with Crippen LogP contribution < -0.4 is 5.32 Å². The molecule has 4 nitrogen and oxygen atoms in total. The minimum atomic E-state index is -0.283. The minimum absolute atomic E-state index is 0.0693. The van der Waals surface area contributed by atoms with E-state index in [2.05, 4.69) is 188 Å². The van der Waals surface area contributed by atoms with Gasteiger partial charge >= 0.3 is 0 Å². The lowest BCUT2D eigenvalue weighted by Gasteiger charge is -2.39. The number of rotatable bonds is 8. The summed E-state index contributed by atoms with van der Waals surface area (Å²) in [6.07, 6.45) is 2.48. The number of benzene rings is 6. The van der Waals surface area contributed by atoms with E-state index in [9.17, 15) is 0 Å². The Labute approximate surface area is 307 Å². The van der Waals surface area contributed by atoms with Crippen molar-refractivity contribution in [2.45, 2.75) is 32.6 Å². The maximum absolute atomic E-state index is 5.43. The summed E-state index contributed by atoms with van der Waals surface area (Å²) in [5, 5.41) is 3.92. The first-order valence-corrected chi connectivity index (χ1v) is 18.1. The molecule has 1 N–H and O–H groups in total. The van der Waals surface area contributed by atoms with Gasteiger partial charge in [-0.2, -0.15) is 0 Å². The van der Waals surface area contributed by atoms with Gasteiger partial charge in [0.2, 0.25) is 0 Å². The second-order valence-electron chi connectivity index (χ2n) is 13.5. The molecule has 0 spiro atoms. The van der Waals surface area contributed by atoms with E-state index in [1.54, 1.807) is 0 Å². The van der Waals surface area contributed by atoms with Crippen LogP contribution in [-0.2, 0) is 6.42 Å². The molecule has 254 valence electrons. The standard InChI is InChI=1S/C48H42N4/c1-4-34-15-11-12-20-43(34)44-32-39(23-22-33(44)2)41-29-40(35-24-26-36(27-25-35)45-21-13-14-28-49-45)30-42(31-41)46-50-47(37-16-7-5-8-17-37)52(3)48(51-46)38-18-9-6-10-19-38/h5-32,46-47,50H,4H2,1-3H3. The minimum Gasteiger partial charge on any atom is -0.340 e. The largest absolute Gasteiger partial charge is 0.340 e. The Bertz CT molecular complexity index is 2330. The van der Waals surface area contributed by atoms with Gasteiger partial charge in [0.25, 0.3) is 0 Å². The quantitative estimate of drug-likeness (QED) is 0.174. The molecule has 1 aromatic heterocycles. The molecule has 0 saturated heterocycles. The Balaban J connectivity index is 1.29. The number of nitrogens with one attached hydrogen (secondary N) is 1. The molecule has 4 heteroatoms. The van der Waals surface area contributed by atoms with Crippen LogP contribution in [0.5, 0.6) is 0 Å². The number of hydrogen-bond donors (Lipinski definition) is 1. The lowest BCUT2D eigenvalue weighted by atomic mass is 9.90. The van der Waals surface area contributed by atoms with Gasteiger partial charge in [0.05, 0.1) is 5.69 Å². The van der Waals surface area contributed by atoms with Crippen LogP contribution in [0.3, 0.4) is 0 Å². The van der Waals surface area contributed by atoms with E-state index < -0.39 is 0 Å². The van der Waals surface area contributed by atoms with Crippen LogP contribution in [0.2, 0.25) is 0 Å². The third kappa shape index (κ3) is 6.69. The molecular weight excluding hydrogens is 633 g/mol. The Hall–Kier alpha value is -6.10. The predicted octanol–water partition coefficient (Wildman–Crippen LogP) is 11.3. The molecule has 0 aliphatic carbocycles. The van der Waals surface area contributed by atoms with Gasteiger partial charge < -0.3 is 4.90 Å². The van der Waals surface area contributed by atoms with Gasteiger partial charge in [0, 0.05) is 24.4 Å². The summed E-state index contributed by atoms with van der Waals surface area (Å²) < 4.78 is 0. The van der Waals surface area contributed by atoms with Crippen LogP contribution in [0.4, 0.5) is 0 Å². The van der Waals surface area contributed by atoms with E-state index in [1.165, 1.54) is 33.4 Å². The maximum Gasteiger partial charge on any atom is 0.134 e. The smallest absolute Gasteiger partial charge is 0.134 e. The number of aryl methyl sites for hydroxylation is 2. The molecule has 8 rings (SSSR count). The van der Waals surface area contributed by atoms with E-state index >= 15 is 0 Å². The molecule has 6 aromatic carbocycles. The van der Waals surface area contributed by atoms with Crippen LogP contribution in [0.25, 0.3) is 44.6 Å². The maximum atomic E-state index is 5.43. The summed E-state index contributed by atoms with van der Waals surface area (Å²) in [6.45, 7) is 4.44. The van der Waals surface area contributed by atoms with E-state index in [0.717, 1.165) is 51.3 Å². The molecule has 0 fully saturated rings. The normalized spacial score (nSPS) is 15.7. The third-order valence-electron chi connectivity index (χ3n) is 10.1. The SMILES string of the molecule is CCc1ccccc1-c1cc(-c2cc(-c3ccc(-c4ccccn4)cc3)cc(C3N=C(c4ccccc4)N(C)C(c4ccccc4)N3)c2)ccc1C. The van der Waals surface area contributed by atoms with Crippen molar-refractivity contribution < 1.29 is 0 Å². The van der Waals surface area contributed by atoms with Crippen LogP contribution >= 0.6 is 0 Å². The fraction of sp³-hybridized carbons (Fsp3) is 0.125. The molecule has 2 atom stereocenters. The van der Waals surface area contributed by atoms with Crippen LogP contribution in [-0.4, -0.2) is 22.8 Å². The van der Waals surface area contributed by atoms with Gasteiger partial charge in [-0.15, -0.1) is 0 Å². The Morgan fingerprint density at radius 2 is 1.21 bits per heavy atom. The first kappa shape index (κ1) is 33.1. The second-order valence-corrected chi connectivity index (χ2v) is 13.5. The van der Waals surface area contributed by atoms with Crippen molar-refractivity contribution in [1.29, 1.82) is 0 Å². The molecule has 0 amide bonds. The highest BCUT2D eigenvalue weighted by molar-refractivity contribution is 5.99. The van der Waals surface area contributed by atoms with Gasteiger partial charge in [0.1, 0.15) is 18.2 Å². The Morgan fingerprint density at radius 3 is 1.94 bits per heavy atom. The topological polar surface area (TPSA) is 40.5 Å². The van der Waals surface area contributed by atoms with Crippen molar-refractivity contribution in [3.63, 3.8) is 0 Å². The number of pyridine rings is 1. The fourth-order valence-electron chi connectivity index (χ4n) is 7.32. The van der Waals surface area contributed by atoms with Gasteiger partial charge in [-0.3, -0.25) is 10.3 Å². The lowest BCUT2D eigenvalue weighted by molar-refractivity contribution is 0.257. The highest BCUT2D eigenvalue weighted by Gasteiger charge is 2.30. The van der Waals surface area contributed by atoms with Crippen molar-refractivity contribution in [3.05, 3.63) is 198 Å². The van der Waals surface area contributed by atoms with Crippen molar-refractivity contribution in [2.75, 3.05) is 7.05 Å². The Kier molecular flexibility index (Phi) is 9.30. The number of hydrogen-bond acceptors (Lipinski definition) is 4. The van der Waals surface area contributed by atoms with E-state index in [-0.39, 0.29) is 12.3 Å². The average Bonchev–Trinajstić information content (AvgIpc) is 3.22. The highest BCUT2D eigenvalue weighted by atomic mass is 15.4. The monoisotopic (exact) mass is 674 g/mol. The van der Waals surface area contributed by atoms with Gasteiger partial charge in [-0.25, -0.2) is 4.99 Å². The highest BCUT2D eigenvalue weighted by Crippen LogP contribution is 2.38. The van der Waals surface area contributed by atoms with Crippen LogP contribution in [0.15, 0.2) is 175 Å². The van der Waals surface area contributed by atoms with E-state index in [1.807, 2.05) is 18.3 Å². The third-order valence-corrected chi connectivity index (χ3v) is 10.1. The average molecular weight is 675 g/mol. The van der Waals surface area contributed by atoms with Crippen molar-refractivity contribution in [1.82, 2.24) is 15.2 Å². The summed E-state index contributed by atoms with van der Waals surface area (Å²) in [5.74, 6) is 0.957. The van der Waals surface area contributed by atoms with Gasteiger partial charge in [-0.1, -0.05) is 134 Å². The zero-order valence-corrected chi connectivity index (χ0v) is 29.9. The first-order valence-electron chi connectivity index (χ1n) is 18.1. The number of nitrogens with zero attached hydrogens (tertiary/aromatic N) is 3. The van der Waals surface area contributed by atoms with Crippen LogP contribution in [0.1, 0.15) is 47.1 Å². The molecule has 1 aliphatic heterocycles. The van der Waals surface area contributed by atoms with E-state index in [0.29, 0.717) is 0 Å². The zero-order chi connectivity index (χ0) is 35.4. The van der Waals surface area contributed by atoms with Crippen molar-refractivity contribution in [2.24, 2.45) is 4.99 Å². The summed E-state index contributed by atoms with van der Waals surface area (Å²) in [6, 6.07) is 58.6. The number of aliphatic imine (C=N–C) groups is 1. The van der Waals surface area contributed by atoms with Crippen molar-refractivity contribution >= 4 is 5.84 Å². The Morgan fingerprint density at radius 1 is 0.558 bits per heavy atom. The molecule has 52 heavy (non-hydrogen) atoms. The molecule has 0 bridgehead atoms.